The summed E-state index contributed by atoms with van der Waals surface area (Å²) in [5.74, 6) is -0.419. The summed E-state index contributed by atoms with van der Waals surface area (Å²) in [4.78, 5) is 15.5. The molecule has 1 aromatic heterocycles. The molecule has 8 heteroatoms. The predicted octanol–water partition coefficient (Wildman–Crippen LogP) is 4.70. The minimum atomic E-state index is -4.46. The maximum absolute atomic E-state index is 12.8. The number of alkyl halides is 3. The topological polar surface area (TPSA) is 39.2 Å². The third-order valence-corrected chi connectivity index (χ3v) is 3.90. The van der Waals surface area contributed by atoms with Crippen LogP contribution in [-0.2, 0) is 10.9 Å². The second kappa shape index (κ2) is 7.70. The molecule has 23 heavy (non-hydrogen) atoms. The SMILES string of the molecule is O=C(OCCSc1ncccc1C(F)(F)F)c1cccc(Cl)c1. The number of aromatic nitrogens is 1. The van der Waals surface area contributed by atoms with Gasteiger partial charge in [0.05, 0.1) is 11.1 Å². The molecule has 0 amide bonds. The molecule has 0 saturated heterocycles. The molecule has 0 aliphatic heterocycles. The Labute approximate surface area is 139 Å². The lowest BCUT2D eigenvalue weighted by Crippen LogP contribution is -2.10. The van der Waals surface area contributed by atoms with E-state index >= 15 is 0 Å². The molecule has 0 unspecified atom stereocenters. The average molecular weight is 362 g/mol. The van der Waals surface area contributed by atoms with Gasteiger partial charge in [0.25, 0.3) is 0 Å². The molecule has 122 valence electrons. The molecule has 2 aromatic rings. The highest BCUT2D eigenvalue weighted by molar-refractivity contribution is 7.99. The molecule has 0 aliphatic rings. The number of halogens is 4. The lowest BCUT2D eigenvalue weighted by molar-refractivity contribution is -0.140. The largest absolute Gasteiger partial charge is 0.461 e. The van der Waals surface area contributed by atoms with Crippen LogP contribution in [0.15, 0.2) is 47.6 Å². The van der Waals surface area contributed by atoms with Crippen molar-refractivity contribution in [3.8, 4) is 0 Å². The Morgan fingerprint density at radius 2 is 2.04 bits per heavy atom. The van der Waals surface area contributed by atoms with Crippen molar-refractivity contribution in [2.24, 2.45) is 0 Å². The Morgan fingerprint density at radius 3 is 2.74 bits per heavy atom. The van der Waals surface area contributed by atoms with Crippen LogP contribution in [0.1, 0.15) is 15.9 Å². The smallest absolute Gasteiger partial charge is 0.419 e. The molecule has 2 rings (SSSR count). The van der Waals surface area contributed by atoms with Crippen molar-refractivity contribution >= 4 is 29.3 Å². The van der Waals surface area contributed by atoms with E-state index in [1.807, 2.05) is 0 Å². The number of nitrogens with zero attached hydrogens (tertiary/aromatic N) is 1. The van der Waals surface area contributed by atoms with Gasteiger partial charge in [-0.1, -0.05) is 17.7 Å². The summed E-state index contributed by atoms with van der Waals surface area (Å²) in [6.07, 6.45) is -3.18. The van der Waals surface area contributed by atoms with Gasteiger partial charge in [-0.15, -0.1) is 11.8 Å². The summed E-state index contributed by atoms with van der Waals surface area (Å²) < 4.78 is 43.4. The second-order valence-corrected chi connectivity index (χ2v) is 5.87. The van der Waals surface area contributed by atoms with Crippen LogP contribution in [0, 0.1) is 0 Å². The minimum absolute atomic E-state index is 0.0378. The van der Waals surface area contributed by atoms with Crippen LogP contribution in [0.4, 0.5) is 13.2 Å². The van der Waals surface area contributed by atoms with Crippen molar-refractivity contribution in [3.63, 3.8) is 0 Å². The van der Waals surface area contributed by atoms with Gasteiger partial charge in [-0.2, -0.15) is 13.2 Å². The normalized spacial score (nSPS) is 11.3. The number of pyridine rings is 1. The van der Waals surface area contributed by atoms with Crippen molar-refractivity contribution in [2.75, 3.05) is 12.4 Å². The van der Waals surface area contributed by atoms with Gasteiger partial charge in [-0.3, -0.25) is 0 Å². The number of benzene rings is 1. The average Bonchev–Trinajstić information content (AvgIpc) is 2.51. The summed E-state index contributed by atoms with van der Waals surface area (Å²) in [6, 6.07) is 8.42. The van der Waals surface area contributed by atoms with Gasteiger partial charge in [0, 0.05) is 17.0 Å². The van der Waals surface area contributed by atoms with Crippen LogP contribution in [0.5, 0.6) is 0 Å². The molecule has 0 bridgehead atoms. The Kier molecular flexibility index (Phi) is 5.90. The highest BCUT2D eigenvalue weighted by Crippen LogP contribution is 2.35. The molecule has 0 fully saturated rings. The molecule has 1 aromatic carbocycles. The van der Waals surface area contributed by atoms with Crippen LogP contribution < -0.4 is 0 Å². The van der Waals surface area contributed by atoms with Crippen molar-refractivity contribution < 1.29 is 22.7 Å². The standard InChI is InChI=1S/C15H11ClF3NO2S/c16-11-4-1-3-10(9-11)14(21)22-7-8-23-13-12(15(17,18)19)5-2-6-20-13/h1-6,9H,7-8H2. The number of ether oxygens (including phenoxy) is 1. The summed E-state index contributed by atoms with van der Waals surface area (Å²) in [5.41, 5.74) is -0.512. The van der Waals surface area contributed by atoms with E-state index in [-0.39, 0.29) is 22.9 Å². The molecule has 0 aliphatic carbocycles. The van der Waals surface area contributed by atoms with Crippen molar-refractivity contribution in [1.82, 2.24) is 4.98 Å². The number of rotatable bonds is 5. The fraction of sp³-hybridized carbons (Fsp3) is 0.200. The highest BCUT2D eigenvalue weighted by atomic mass is 35.5. The molecular formula is C15H11ClF3NO2S. The quantitative estimate of drug-likeness (QED) is 0.439. The molecular weight excluding hydrogens is 351 g/mol. The molecule has 3 nitrogen and oxygen atoms in total. The van der Waals surface area contributed by atoms with Crippen molar-refractivity contribution in [3.05, 3.63) is 58.7 Å². The minimum Gasteiger partial charge on any atom is -0.461 e. The first-order valence-electron chi connectivity index (χ1n) is 6.45. The summed E-state index contributed by atoms with van der Waals surface area (Å²) in [5, 5.41) is 0.260. The lowest BCUT2D eigenvalue weighted by atomic mass is 10.2. The van der Waals surface area contributed by atoms with Gasteiger partial charge in [-0.05, 0) is 30.3 Å². The van der Waals surface area contributed by atoms with E-state index in [1.54, 1.807) is 18.2 Å². The van der Waals surface area contributed by atoms with Crippen molar-refractivity contribution in [1.29, 1.82) is 0 Å². The van der Waals surface area contributed by atoms with Crippen LogP contribution in [-0.4, -0.2) is 23.3 Å². The Hall–Kier alpha value is -1.73. The summed E-state index contributed by atoms with van der Waals surface area (Å²) >= 11 is 6.64. The number of hydrogen-bond donors (Lipinski definition) is 0. The predicted molar refractivity (Wildman–Crippen MR) is 81.7 cm³/mol. The first-order chi connectivity index (χ1) is 10.9. The molecule has 0 saturated carbocycles. The molecule has 0 radical (unpaired) electrons. The fourth-order valence-corrected chi connectivity index (χ4v) is 2.72. The summed E-state index contributed by atoms with van der Waals surface area (Å²) in [6.45, 7) is -0.0378. The first kappa shape index (κ1) is 17.6. The maximum atomic E-state index is 12.8. The van der Waals surface area contributed by atoms with Gasteiger partial charge in [0.1, 0.15) is 11.6 Å². The van der Waals surface area contributed by atoms with Crippen LogP contribution in [0.2, 0.25) is 5.02 Å². The number of esters is 1. The summed E-state index contributed by atoms with van der Waals surface area (Å²) in [7, 11) is 0. The zero-order chi connectivity index (χ0) is 16.9. The van der Waals surface area contributed by atoms with Gasteiger partial charge >= 0.3 is 12.1 Å². The van der Waals surface area contributed by atoms with Crippen LogP contribution in [0.25, 0.3) is 0 Å². The van der Waals surface area contributed by atoms with Crippen molar-refractivity contribution in [2.45, 2.75) is 11.2 Å². The third kappa shape index (κ3) is 5.14. The lowest BCUT2D eigenvalue weighted by Gasteiger charge is -2.11. The van der Waals surface area contributed by atoms with Gasteiger partial charge < -0.3 is 4.74 Å². The first-order valence-corrected chi connectivity index (χ1v) is 7.82. The van der Waals surface area contributed by atoms with Gasteiger partial charge in [-0.25, -0.2) is 9.78 Å². The number of thioether (sulfide) groups is 1. The Morgan fingerprint density at radius 1 is 1.26 bits per heavy atom. The zero-order valence-electron chi connectivity index (χ0n) is 11.6. The van der Waals surface area contributed by atoms with E-state index < -0.39 is 17.7 Å². The van der Waals surface area contributed by atoms with E-state index in [0.717, 1.165) is 17.8 Å². The molecule has 1 heterocycles. The van der Waals surface area contributed by atoms with E-state index in [2.05, 4.69) is 4.98 Å². The van der Waals surface area contributed by atoms with E-state index in [9.17, 15) is 18.0 Å². The fourth-order valence-electron chi connectivity index (χ4n) is 1.69. The zero-order valence-corrected chi connectivity index (χ0v) is 13.2. The van der Waals surface area contributed by atoms with Crippen LogP contribution in [0.3, 0.4) is 0 Å². The Bertz CT molecular complexity index is 694. The Balaban J connectivity index is 1.88. The third-order valence-electron chi connectivity index (χ3n) is 2.69. The maximum Gasteiger partial charge on any atom is 0.419 e. The van der Waals surface area contributed by atoms with Crippen LogP contribution >= 0.6 is 23.4 Å². The molecule has 0 N–H and O–H groups in total. The highest BCUT2D eigenvalue weighted by Gasteiger charge is 2.33. The van der Waals surface area contributed by atoms with E-state index in [4.69, 9.17) is 16.3 Å². The van der Waals surface area contributed by atoms with E-state index in [0.29, 0.717) is 5.02 Å². The molecule has 0 spiro atoms. The number of hydrogen-bond acceptors (Lipinski definition) is 4. The van der Waals surface area contributed by atoms with E-state index in [1.165, 1.54) is 18.3 Å². The number of carbonyl (C=O) groups excluding carboxylic acids is 1. The second-order valence-electron chi connectivity index (χ2n) is 4.35. The number of carbonyl (C=O) groups is 1. The molecule has 0 atom stereocenters. The monoisotopic (exact) mass is 361 g/mol. The van der Waals surface area contributed by atoms with Gasteiger partial charge in [0.15, 0.2) is 0 Å². The van der Waals surface area contributed by atoms with Gasteiger partial charge in [0.2, 0.25) is 0 Å².